The van der Waals surface area contributed by atoms with Crippen molar-refractivity contribution in [3.05, 3.63) is 51.1 Å². The van der Waals surface area contributed by atoms with Crippen molar-refractivity contribution in [1.29, 1.82) is 0 Å². The lowest BCUT2D eigenvalue weighted by Gasteiger charge is -2.06. The molecule has 2 nitrogen and oxygen atoms in total. The lowest BCUT2D eigenvalue weighted by atomic mass is 10.3. The molecule has 1 aromatic carbocycles. The maximum atomic E-state index is 13.4. The maximum absolute atomic E-state index is 13.4. The molecule has 84 valence electrons. The maximum Gasteiger partial charge on any atom is 0.169 e. The van der Waals surface area contributed by atoms with E-state index in [-0.39, 0.29) is 5.82 Å². The van der Waals surface area contributed by atoms with Crippen LogP contribution in [0.3, 0.4) is 0 Å². The van der Waals surface area contributed by atoms with Crippen LogP contribution in [0, 0.1) is 5.82 Å². The molecule has 0 saturated carbocycles. The SMILES string of the molecule is Fc1ccc(Br)cc1NCc1ccc(Br)o1. The number of hydrogen-bond acceptors (Lipinski definition) is 2. The second-order valence-corrected chi connectivity index (χ2v) is 4.88. The molecule has 0 saturated heterocycles. The van der Waals surface area contributed by atoms with Crippen molar-refractivity contribution >= 4 is 37.5 Å². The Morgan fingerprint density at radius 1 is 1.19 bits per heavy atom. The highest BCUT2D eigenvalue weighted by Crippen LogP contribution is 2.21. The number of hydrogen-bond donors (Lipinski definition) is 1. The quantitative estimate of drug-likeness (QED) is 0.879. The largest absolute Gasteiger partial charge is 0.452 e. The Morgan fingerprint density at radius 3 is 2.69 bits per heavy atom. The molecule has 16 heavy (non-hydrogen) atoms. The van der Waals surface area contributed by atoms with E-state index in [2.05, 4.69) is 37.2 Å². The van der Waals surface area contributed by atoms with E-state index in [4.69, 9.17) is 4.42 Å². The fourth-order valence-electron chi connectivity index (χ4n) is 1.26. The Labute approximate surface area is 109 Å². The summed E-state index contributed by atoms with van der Waals surface area (Å²) in [5.41, 5.74) is 0.446. The minimum atomic E-state index is -0.283. The van der Waals surface area contributed by atoms with Gasteiger partial charge in [-0.15, -0.1) is 0 Å². The first-order valence-corrected chi connectivity index (χ1v) is 6.17. The van der Waals surface area contributed by atoms with Gasteiger partial charge in [0.05, 0.1) is 12.2 Å². The van der Waals surface area contributed by atoms with Gasteiger partial charge in [0.1, 0.15) is 11.6 Å². The molecule has 0 aliphatic carbocycles. The van der Waals surface area contributed by atoms with Crippen LogP contribution in [-0.2, 0) is 6.54 Å². The van der Waals surface area contributed by atoms with Gasteiger partial charge in [0, 0.05) is 4.47 Å². The van der Waals surface area contributed by atoms with Crippen LogP contribution in [0.25, 0.3) is 0 Å². The van der Waals surface area contributed by atoms with Crippen molar-refractivity contribution in [2.45, 2.75) is 6.54 Å². The Balaban J connectivity index is 2.07. The highest BCUT2D eigenvalue weighted by molar-refractivity contribution is 9.10. The summed E-state index contributed by atoms with van der Waals surface area (Å²) in [6, 6.07) is 8.38. The zero-order chi connectivity index (χ0) is 11.5. The molecule has 2 rings (SSSR count). The van der Waals surface area contributed by atoms with E-state index in [1.807, 2.05) is 6.07 Å². The summed E-state index contributed by atoms with van der Waals surface area (Å²) in [6.45, 7) is 0.443. The van der Waals surface area contributed by atoms with Gasteiger partial charge in [-0.05, 0) is 46.3 Å². The number of rotatable bonds is 3. The summed E-state index contributed by atoms with van der Waals surface area (Å²) in [5, 5.41) is 2.96. The summed E-state index contributed by atoms with van der Waals surface area (Å²) in [6.07, 6.45) is 0. The minimum Gasteiger partial charge on any atom is -0.452 e. The smallest absolute Gasteiger partial charge is 0.169 e. The number of furan rings is 1. The zero-order valence-electron chi connectivity index (χ0n) is 8.14. The van der Waals surface area contributed by atoms with Crippen LogP contribution in [0.15, 0.2) is 43.9 Å². The topological polar surface area (TPSA) is 25.2 Å². The summed E-state index contributed by atoms with van der Waals surface area (Å²) in [4.78, 5) is 0. The Bertz CT molecular complexity index is 498. The van der Waals surface area contributed by atoms with Gasteiger partial charge in [-0.25, -0.2) is 4.39 Å². The van der Waals surface area contributed by atoms with Gasteiger partial charge < -0.3 is 9.73 Å². The fourth-order valence-corrected chi connectivity index (χ4v) is 1.96. The molecular weight excluding hydrogens is 341 g/mol. The molecule has 1 aromatic heterocycles. The molecular formula is C11H8Br2FNO. The Hall–Kier alpha value is -0.810. The molecule has 0 atom stereocenters. The summed E-state index contributed by atoms with van der Waals surface area (Å²) in [5.74, 6) is 0.458. The predicted molar refractivity (Wildman–Crippen MR) is 67.8 cm³/mol. The number of halogens is 3. The van der Waals surface area contributed by atoms with E-state index in [0.717, 1.165) is 10.2 Å². The van der Waals surface area contributed by atoms with Crippen molar-refractivity contribution in [2.75, 3.05) is 5.32 Å². The standard InChI is InChI=1S/C11H8Br2FNO/c12-7-1-3-9(14)10(5-7)15-6-8-2-4-11(13)16-8/h1-5,15H,6H2. The number of nitrogens with one attached hydrogen (secondary N) is 1. The molecule has 0 aliphatic rings. The molecule has 2 aromatic rings. The lowest BCUT2D eigenvalue weighted by molar-refractivity contribution is 0.495. The van der Waals surface area contributed by atoms with E-state index in [1.54, 1.807) is 18.2 Å². The monoisotopic (exact) mass is 347 g/mol. The molecule has 5 heteroatoms. The molecule has 0 bridgehead atoms. The highest BCUT2D eigenvalue weighted by Gasteiger charge is 2.04. The van der Waals surface area contributed by atoms with Crippen LogP contribution in [0.1, 0.15) is 5.76 Å². The van der Waals surface area contributed by atoms with Gasteiger partial charge in [0.15, 0.2) is 4.67 Å². The molecule has 0 unspecified atom stereocenters. The van der Waals surface area contributed by atoms with E-state index < -0.39 is 0 Å². The molecule has 1 N–H and O–H groups in total. The van der Waals surface area contributed by atoms with Gasteiger partial charge in [0.2, 0.25) is 0 Å². The van der Waals surface area contributed by atoms with Gasteiger partial charge in [0.25, 0.3) is 0 Å². The minimum absolute atomic E-state index is 0.283. The van der Waals surface area contributed by atoms with Crippen molar-refractivity contribution < 1.29 is 8.81 Å². The van der Waals surface area contributed by atoms with Crippen LogP contribution in [0.5, 0.6) is 0 Å². The third-order valence-corrected chi connectivity index (χ3v) is 2.93. The zero-order valence-corrected chi connectivity index (χ0v) is 11.3. The third-order valence-electron chi connectivity index (χ3n) is 2.01. The molecule has 0 amide bonds. The van der Waals surface area contributed by atoms with Gasteiger partial charge in [-0.1, -0.05) is 15.9 Å². The van der Waals surface area contributed by atoms with Gasteiger partial charge in [-0.2, -0.15) is 0 Å². The average Bonchev–Trinajstić information content (AvgIpc) is 2.66. The van der Waals surface area contributed by atoms with Gasteiger partial charge in [-0.3, -0.25) is 0 Å². The summed E-state index contributed by atoms with van der Waals surface area (Å²) in [7, 11) is 0. The van der Waals surface area contributed by atoms with Crippen LogP contribution >= 0.6 is 31.9 Å². The van der Waals surface area contributed by atoms with Crippen LogP contribution < -0.4 is 5.32 Å². The van der Waals surface area contributed by atoms with Crippen molar-refractivity contribution in [1.82, 2.24) is 0 Å². The van der Waals surface area contributed by atoms with Crippen LogP contribution in [-0.4, -0.2) is 0 Å². The van der Waals surface area contributed by atoms with Crippen molar-refractivity contribution in [2.24, 2.45) is 0 Å². The average molecular weight is 349 g/mol. The Morgan fingerprint density at radius 2 is 2.00 bits per heavy atom. The fraction of sp³-hybridized carbons (Fsp3) is 0.0909. The van der Waals surface area contributed by atoms with Gasteiger partial charge >= 0.3 is 0 Å². The van der Waals surface area contributed by atoms with Crippen LogP contribution in [0.4, 0.5) is 10.1 Å². The predicted octanol–water partition coefficient (Wildman–Crippen LogP) is 4.56. The lowest BCUT2D eigenvalue weighted by Crippen LogP contribution is -2.00. The molecule has 0 spiro atoms. The molecule has 0 aliphatic heterocycles. The first-order valence-electron chi connectivity index (χ1n) is 4.58. The first kappa shape index (κ1) is 11.7. The van der Waals surface area contributed by atoms with E-state index >= 15 is 0 Å². The summed E-state index contributed by atoms with van der Waals surface area (Å²) < 4.78 is 20.1. The van der Waals surface area contributed by atoms with E-state index in [9.17, 15) is 4.39 Å². The normalized spacial score (nSPS) is 10.4. The number of benzene rings is 1. The second kappa shape index (κ2) is 5.01. The second-order valence-electron chi connectivity index (χ2n) is 3.18. The molecule has 1 heterocycles. The number of anilines is 1. The first-order chi connectivity index (χ1) is 7.65. The molecule has 0 radical (unpaired) electrons. The van der Waals surface area contributed by atoms with Crippen molar-refractivity contribution in [3.8, 4) is 0 Å². The Kier molecular flexibility index (Phi) is 3.66. The highest BCUT2D eigenvalue weighted by atomic mass is 79.9. The third kappa shape index (κ3) is 2.86. The summed E-state index contributed by atoms with van der Waals surface area (Å²) >= 11 is 6.50. The van der Waals surface area contributed by atoms with Crippen LogP contribution in [0.2, 0.25) is 0 Å². The molecule has 0 fully saturated rings. The van der Waals surface area contributed by atoms with E-state index in [1.165, 1.54) is 6.07 Å². The van der Waals surface area contributed by atoms with E-state index in [0.29, 0.717) is 16.9 Å². The van der Waals surface area contributed by atoms with Crippen molar-refractivity contribution in [3.63, 3.8) is 0 Å².